The molecule has 7 heteroatoms. The van der Waals surface area contributed by atoms with Crippen LogP contribution in [-0.4, -0.2) is 27.7 Å². The Morgan fingerprint density at radius 2 is 2.07 bits per heavy atom. The van der Waals surface area contributed by atoms with Crippen LogP contribution in [0.3, 0.4) is 0 Å². The molecule has 0 N–H and O–H groups in total. The molecule has 5 nitrogen and oxygen atoms in total. The van der Waals surface area contributed by atoms with Gasteiger partial charge in [0.15, 0.2) is 5.17 Å². The molecule has 2 aliphatic rings. The smallest absolute Gasteiger partial charge is 0.338 e. The quantitative estimate of drug-likeness (QED) is 0.726. The van der Waals surface area contributed by atoms with E-state index in [9.17, 15) is 9.59 Å². The standard InChI is InChI=1S/C20H18N2O3S2/c1-13-17(19(24)25-12-14-6-3-2-4-7-14)18(15-8-5-10-26-15)22-16(23)9-11-27-20(22)21-13/h2-8,10,18H,9,11-12H2,1H3/t18-/m0/s1. The van der Waals surface area contributed by atoms with Gasteiger partial charge in [-0.1, -0.05) is 48.2 Å². The van der Waals surface area contributed by atoms with Crippen LogP contribution < -0.4 is 0 Å². The first-order valence-corrected chi connectivity index (χ1v) is 10.5. The number of hydrogen-bond donors (Lipinski definition) is 0. The van der Waals surface area contributed by atoms with Gasteiger partial charge in [-0.15, -0.1) is 11.3 Å². The van der Waals surface area contributed by atoms with Crippen LogP contribution in [0.25, 0.3) is 0 Å². The minimum absolute atomic E-state index is 0.00763. The average molecular weight is 399 g/mol. The second kappa shape index (κ2) is 7.70. The lowest BCUT2D eigenvalue weighted by molar-refractivity contribution is -0.141. The SMILES string of the molecule is CC1=C(C(=O)OCc2ccccc2)[C@H](c2cccs2)N2C(=O)CCSC2=N1. The maximum absolute atomic E-state index is 13.0. The van der Waals surface area contributed by atoms with Crippen molar-refractivity contribution in [3.8, 4) is 0 Å². The summed E-state index contributed by atoms with van der Waals surface area (Å²) in [6, 6.07) is 13.0. The Balaban J connectivity index is 1.68. The van der Waals surface area contributed by atoms with Gasteiger partial charge in [-0.2, -0.15) is 0 Å². The van der Waals surface area contributed by atoms with Gasteiger partial charge in [0.05, 0.1) is 11.3 Å². The number of amides is 1. The number of benzene rings is 1. The van der Waals surface area contributed by atoms with Crippen LogP contribution in [-0.2, 0) is 20.9 Å². The third-order valence-electron chi connectivity index (χ3n) is 4.45. The van der Waals surface area contributed by atoms with E-state index in [4.69, 9.17) is 4.74 Å². The van der Waals surface area contributed by atoms with Gasteiger partial charge in [0.2, 0.25) is 5.91 Å². The molecule has 4 rings (SSSR count). The highest BCUT2D eigenvalue weighted by atomic mass is 32.2. The highest BCUT2D eigenvalue weighted by molar-refractivity contribution is 8.14. The molecular weight excluding hydrogens is 380 g/mol. The summed E-state index contributed by atoms with van der Waals surface area (Å²) in [6.07, 6.45) is 0.441. The number of thioether (sulfide) groups is 1. The minimum Gasteiger partial charge on any atom is -0.457 e. The summed E-state index contributed by atoms with van der Waals surface area (Å²) in [4.78, 5) is 32.8. The number of allylic oxidation sites excluding steroid dienone is 1. The van der Waals surface area contributed by atoms with Crippen LogP contribution in [0.2, 0.25) is 0 Å². The molecule has 0 unspecified atom stereocenters. The number of fused-ring (bicyclic) bond motifs is 1. The molecule has 0 aliphatic carbocycles. The Morgan fingerprint density at radius 3 is 2.81 bits per heavy atom. The first kappa shape index (κ1) is 18.0. The summed E-state index contributed by atoms with van der Waals surface area (Å²) >= 11 is 3.08. The maximum atomic E-state index is 13.0. The van der Waals surface area contributed by atoms with Gasteiger partial charge in [-0.25, -0.2) is 9.79 Å². The molecule has 1 amide bonds. The fourth-order valence-electron chi connectivity index (χ4n) is 3.17. The van der Waals surface area contributed by atoms with Crippen LogP contribution in [0.5, 0.6) is 0 Å². The molecule has 2 aromatic rings. The Kier molecular flexibility index (Phi) is 5.13. The van der Waals surface area contributed by atoms with E-state index in [0.29, 0.717) is 28.6 Å². The lowest BCUT2D eigenvalue weighted by atomic mass is 10.00. The normalized spacial score (nSPS) is 19.6. The third-order valence-corrected chi connectivity index (χ3v) is 6.33. The minimum atomic E-state index is -0.471. The highest BCUT2D eigenvalue weighted by Gasteiger charge is 2.42. The number of ether oxygens (including phenoxy) is 1. The summed E-state index contributed by atoms with van der Waals surface area (Å²) in [5.41, 5.74) is 1.97. The summed E-state index contributed by atoms with van der Waals surface area (Å²) in [5.74, 6) is 0.277. The van der Waals surface area contributed by atoms with Gasteiger partial charge in [-0.3, -0.25) is 9.69 Å². The van der Waals surface area contributed by atoms with Crippen LogP contribution in [0.4, 0.5) is 0 Å². The molecule has 0 radical (unpaired) electrons. The lowest BCUT2D eigenvalue weighted by Gasteiger charge is -2.38. The van der Waals surface area contributed by atoms with E-state index in [-0.39, 0.29) is 12.5 Å². The van der Waals surface area contributed by atoms with Gasteiger partial charge in [0.25, 0.3) is 0 Å². The van der Waals surface area contributed by atoms with Crippen molar-refractivity contribution in [1.82, 2.24) is 4.90 Å². The molecule has 0 bridgehead atoms. The number of nitrogens with zero attached hydrogens (tertiary/aromatic N) is 2. The molecule has 1 aromatic carbocycles. The molecule has 138 valence electrons. The monoisotopic (exact) mass is 398 g/mol. The molecule has 0 saturated carbocycles. The van der Waals surface area contributed by atoms with E-state index in [1.165, 1.54) is 11.3 Å². The number of amidine groups is 1. The van der Waals surface area contributed by atoms with Crippen molar-refractivity contribution in [2.75, 3.05) is 5.75 Å². The summed E-state index contributed by atoms with van der Waals surface area (Å²) in [6.45, 7) is 2.00. The van der Waals surface area contributed by atoms with Crippen LogP contribution in [0, 0.1) is 0 Å². The maximum Gasteiger partial charge on any atom is 0.338 e. The Morgan fingerprint density at radius 1 is 1.26 bits per heavy atom. The Bertz CT molecular complexity index is 920. The van der Waals surface area contributed by atoms with Crippen LogP contribution in [0.1, 0.15) is 29.8 Å². The Labute approximate surface area is 165 Å². The third kappa shape index (κ3) is 3.57. The molecule has 1 aromatic heterocycles. The van der Waals surface area contributed by atoms with Crippen molar-refractivity contribution in [2.24, 2.45) is 4.99 Å². The van der Waals surface area contributed by atoms with Crippen molar-refractivity contribution >= 4 is 40.1 Å². The summed E-state index contributed by atoms with van der Waals surface area (Å²) in [7, 11) is 0. The van der Waals surface area contributed by atoms with E-state index >= 15 is 0 Å². The first-order chi connectivity index (χ1) is 13.1. The van der Waals surface area contributed by atoms with E-state index in [1.807, 2.05) is 54.8 Å². The van der Waals surface area contributed by atoms with Gasteiger partial charge in [-0.05, 0) is 23.9 Å². The van der Waals surface area contributed by atoms with Gasteiger partial charge in [0, 0.05) is 17.1 Å². The average Bonchev–Trinajstić information content (AvgIpc) is 3.20. The second-order valence-corrected chi connectivity index (χ2v) is 8.28. The number of rotatable bonds is 4. The number of esters is 1. The summed E-state index contributed by atoms with van der Waals surface area (Å²) < 4.78 is 5.58. The molecule has 3 heterocycles. The number of carbonyl (C=O) groups excluding carboxylic acids is 2. The van der Waals surface area contributed by atoms with E-state index in [0.717, 1.165) is 10.4 Å². The van der Waals surface area contributed by atoms with Crippen molar-refractivity contribution in [1.29, 1.82) is 0 Å². The summed E-state index contributed by atoms with van der Waals surface area (Å²) in [5, 5.41) is 2.62. The predicted molar refractivity (Wildman–Crippen MR) is 107 cm³/mol. The van der Waals surface area contributed by atoms with Gasteiger partial charge in [0.1, 0.15) is 12.6 Å². The van der Waals surface area contributed by atoms with Gasteiger partial charge < -0.3 is 4.74 Å². The van der Waals surface area contributed by atoms with E-state index in [2.05, 4.69) is 4.99 Å². The fraction of sp³-hybridized carbons (Fsp3) is 0.250. The zero-order chi connectivity index (χ0) is 18.8. The van der Waals surface area contributed by atoms with Crippen molar-refractivity contribution in [3.05, 3.63) is 69.6 Å². The molecule has 1 fully saturated rings. The molecule has 1 atom stereocenters. The molecule has 1 saturated heterocycles. The molecule has 0 spiro atoms. The number of hydrogen-bond acceptors (Lipinski definition) is 6. The van der Waals surface area contributed by atoms with Crippen LogP contribution in [0.15, 0.2) is 64.1 Å². The molecule has 2 aliphatic heterocycles. The first-order valence-electron chi connectivity index (χ1n) is 8.64. The largest absolute Gasteiger partial charge is 0.457 e. The van der Waals surface area contributed by atoms with Crippen molar-refractivity contribution in [3.63, 3.8) is 0 Å². The number of aliphatic imine (C=N–C) groups is 1. The topological polar surface area (TPSA) is 59.0 Å². The van der Waals surface area contributed by atoms with E-state index in [1.54, 1.807) is 16.7 Å². The van der Waals surface area contributed by atoms with Crippen LogP contribution >= 0.6 is 23.1 Å². The second-order valence-electron chi connectivity index (χ2n) is 6.24. The number of carbonyl (C=O) groups is 2. The van der Waals surface area contributed by atoms with Gasteiger partial charge >= 0.3 is 5.97 Å². The molecular formula is C20H18N2O3S2. The lowest BCUT2D eigenvalue weighted by Crippen LogP contribution is -2.45. The molecule has 27 heavy (non-hydrogen) atoms. The van der Waals surface area contributed by atoms with E-state index < -0.39 is 12.0 Å². The predicted octanol–water partition coefficient (Wildman–Crippen LogP) is 4.14. The fourth-order valence-corrected chi connectivity index (χ4v) is 5.00. The zero-order valence-corrected chi connectivity index (χ0v) is 16.4. The zero-order valence-electron chi connectivity index (χ0n) is 14.8. The highest BCUT2D eigenvalue weighted by Crippen LogP contribution is 2.41. The van der Waals surface area contributed by atoms with Crippen molar-refractivity contribution in [2.45, 2.75) is 26.0 Å². The number of thiophene rings is 1. The Hall–Kier alpha value is -2.38. The van der Waals surface area contributed by atoms with Crippen molar-refractivity contribution < 1.29 is 14.3 Å².